The van der Waals surface area contributed by atoms with Crippen molar-refractivity contribution in [3.05, 3.63) is 108 Å². The summed E-state index contributed by atoms with van der Waals surface area (Å²) in [6.45, 7) is 39.5. The van der Waals surface area contributed by atoms with Gasteiger partial charge < -0.3 is 17.7 Å². The van der Waals surface area contributed by atoms with Crippen LogP contribution in [0.4, 0.5) is 0 Å². The molecule has 0 unspecified atom stereocenters. The van der Waals surface area contributed by atoms with Crippen molar-refractivity contribution in [3.63, 3.8) is 0 Å². The largest absolute Gasteiger partial charge is 0.409 e. The predicted molar refractivity (Wildman–Crippen MR) is 264 cm³/mol. The summed E-state index contributed by atoms with van der Waals surface area (Å²) in [5.74, 6) is -0.255. The number of hydroxylamine groups is 4. The van der Waals surface area contributed by atoms with Gasteiger partial charge in [-0.15, -0.1) is 0 Å². The van der Waals surface area contributed by atoms with Crippen LogP contribution in [-0.2, 0) is 55.0 Å². The molecule has 2 aromatic carbocycles. The van der Waals surface area contributed by atoms with Crippen LogP contribution in [-0.4, -0.2) is 96.5 Å². The van der Waals surface area contributed by atoms with Crippen molar-refractivity contribution in [2.45, 2.75) is 179 Å². The zero-order valence-corrected chi connectivity index (χ0v) is 45.5. The molecule has 2 heterocycles. The average Bonchev–Trinajstić information content (AvgIpc) is 3.16. The van der Waals surface area contributed by atoms with E-state index in [0.717, 1.165) is 16.7 Å². The number of carbonyl (C=O) groups is 3. The lowest BCUT2D eigenvalue weighted by Crippen LogP contribution is -2.74. The average molecular weight is 949 g/mol. The Bertz CT molecular complexity index is 1920. The first-order chi connectivity index (χ1) is 29.3. The Kier molecular flexibility index (Phi) is 15.3. The van der Waals surface area contributed by atoms with E-state index in [4.69, 9.17) is 27.4 Å². The van der Waals surface area contributed by atoms with Crippen LogP contribution in [0.3, 0.4) is 0 Å². The second-order valence-electron chi connectivity index (χ2n) is 22.8. The Balaban J connectivity index is 0.000000241. The maximum absolute atomic E-state index is 13.1. The maximum Gasteiger partial charge on any atom is 0.249 e. The van der Waals surface area contributed by atoms with Crippen molar-refractivity contribution in [1.29, 1.82) is 0 Å². The Morgan fingerprint density at radius 2 is 0.922 bits per heavy atom. The van der Waals surface area contributed by atoms with Crippen LogP contribution in [0.1, 0.15) is 65.5 Å². The van der Waals surface area contributed by atoms with Gasteiger partial charge in [-0.3, -0.25) is 24.1 Å². The van der Waals surface area contributed by atoms with E-state index in [2.05, 4.69) is 114 Å². The summed E-state index contributed by atoms with van der Waals surface area (Å²) < 4.78 is 26.9. The lowest BCUT2D eigenvalue weighted by molar-refractivity contribution is -0.272. The number of benzene rings is 2. The molecule has 0 radical (unpaired) electrons. The minimum atomic E-state index is -2.28. The van der Waals surface area contributed by atoms with Crippen LogP contribution in [0.5, 0.6) is 0 Å². The van der Waals surface area contributed by atoms with Crippen molar-refractivity contribution < 1.29 is 41.8 Å². The SMILES string of the molecule is C=C1C=C[C@]2(CC(=O)N2OCc2ccccc2)[C@H](O[Si](C)(C)C)[C@@H]1O[Si](C)(C)C(C)(C)C.CC(C)(C)[Si](C)(C)O[C@@H]1C(=O)C=C[C@]2(CC(=O)N2OCc2ccccc2)[C@@H]1O[Si](C)(C)C. The molecule has 2 spiro atoms. The van der Waals surface area contributed by atoms with E-state index in [1.165, 1.54) is 10.1 Å². The van der Waals surface area contributed by atoms with Gasteiger partial charge in [-0.1, -0.05) is 121 Å². The molecule has 0 aromatic heterocycles. The van der Waals surface area contributed by atoms with Crippen molar-refractivity contribution in [1.82, 2.24) is 10.1 Å². The van der Waals surface area contributed by atoms with Crippen molar-refractivity contribution in [3.8, 4) is 0 Å². The summed E-state index contributed by atoms with van der Waals surface area (Å²) in [6.07, 6.45) is 5.92. The number of ketones is 1. The highest BCUT2D eigenvalue weighted by Gasteiger charge is 2.64. The number of hydrogen-bond acceptors (Lipinski definition) is 9. The number of carbonyl (C=O) groups excluding carboxylic acids is 3. The summed E-state index contributed by atoms with van der Waals surface area (Å²) in [5, 5.41) is 2.92. The molecule has 2 aliphatic heterocycles. The molecule has 0 bridgehead atoms. The van der Waals surface area contributed by atoms with E-state index in [1.807, 2.05) is 72.8 Å². The van der Waals surface area contributed by atoms with Gasteiger partial charge in [0, 0.05) is 0 Å². The van der Waals surface area contributed by atoms with E-state index in [1.54, 1.807) is 12.2 Å². The summed E-state index contributed by atoms with van der Waals surface area (Å²) in [5.41, 5.74) is 1.36. The minimum absolute atomic E-state index is 0.0339. The van der Waals surface area contributed by atoms with Crippen molar-refractivity contribution >= 4 is 50.9 Å². The topological polar surface area (TPSA) is 113 Å². The first-order valence-corrected chi connectivity index (χ1v) is 35.3. The molecule has 0 N–H and O–H groups in total. The second kappa shape index (κ2) is 18.9. The zero-order valence-electron chi connectivity index (χ0n) is 41.5. The quantitative estimate of drug-likeness (QED) is 0.135. The number of nitrogens with zero attached hydrogens (tertiary/aromatic N) is 2. The van der Waals surface area contributed by atoms with Gasteiger partial charge in [0.25, 0.3) is 0 Å². The van der Waals surface area contributed by atoms with Gasteiger partial charge >= 0.3 is 0 Å². The highest BCUT2D eigenvalue weighted by atomic mass is 28.4. The molecule has 6 atom stereocenters. The summed E-state index contributed by atoms with van der Waals surface area (Å²) in [4.78, 5) is 50.6. The third kappa shape index (κ3) is 11.5. The van der Waals surface area contributed by atoms with Crippen LogP contribution < -0.4 is 0 Å². The van der Waals surface area contributed by atoms with E-state index in [-0.39, 0.29) is 52.9 Å². The fourth-order valence-corrected chi connectivity index (χ4v) is 12.3. The van der Waals surface area contributed by atoms with E-state index >= 15 is 0 Å². The molecule has 2 amide bonds. The number of rotatable bonds is 14. The Morgan fingerprint density at radius 1 is 0.562 bits per heavy atom. The third-order valence-electron chi connectivity index (χ3n) is 13.2. The molecule has 2 fully saturated rings. The third-order valence-corrected chi connectivity index (χ3v) is 24.0. The molecule has 2 aromatic rings. The molecule has 0 saturated carbocycles. The number of hydrogen-bond donors (Lipinski definition) is 0. The molecular weight excluding hydrogens is 873 g/mol. The van der Waals surface area contributed by atoms with Crippen LogP contribution in [0.15, 0.2) is 97.1 Å². The standard InChI is InChI=1S/C25H39NO4Si2.C24H37NO5Si2/c1-19-15-16-25(17-21(27)26(25)28-18-20-13-11-10-12-14-20)23(30-31(5,6)7)22(19)29-32(8,9)24(2,3)4;1-23(2,3)32(7,8)29-21-19(26)14-15-24(22(21)30-31(4,5)6)16-20(27)25(24)28-17-18-12-10-9-11-13-18/h10-16,22-23H,1,17-18H2,2-9H3;9-15,21-22H,16-17H2,1-8H3/t22-,23-,25+;21-,22-,24+/m11/s1. The minimum Gasteiger partial charge on any atom is -0.409 e. The fourth-order valence-electron chi connectivity index (χ4n) is 7.61. The predicted octanol–water partition coefficient (Wildman–Crippen LogP) is 10.7. The van der Waals surface area contributed by atoms with E-state index in [9.17, 15) is 14.4 Å². The fraction of sp³-hybridized carbons (Fsp3) is 0.571. The van der Waals surface area contributed by atoms with Gasteiger partial charge in [0.1, 0.15) is 42.6 Å². The molecule has 11 nitrogen and oxygen atoms in total. The van der Waals surface area contributed by atoms with Gasteiger partial charge in [-0.25, -0.2) is 10.1 Å². The van der Waals surface area contributed by atoms with Gasteiger partial charge in [0.15, 0.2) is 39.1 Å². The lowest BCUT2D eigenvalue weighted by atomic mass is 9.73. The normalized spacial score (nSPS) is 26.6. The highest BCUT2D eigenvalue weighted by molar-refractivity contribution is 6.74. The maximum atomic E-state index is 13.1. The molecule has 6 rings (SSSR count). The van der Waals surface area contributed by atoms with Crippen LogP contribution in [0, 0.1) is 0 Å². The lowest BCUT2D eigenvalue weighted by Gasteiger charge is -2.57. The van der Waals surface area contributed by atoms with Gasteiger partial charge in [0.05, 0.1) is 18.9 Å². The first kappa shape index (κ1) is 51.9. The smallest absolute Gasteiger partial charge is 0.249 e. The Morgan fingerprint density at radius 3 is 1.28 bits per heavy atom. The number of amides is 2. The summed E-state index contributed by atoms with van der Waals surface area (Å²) in [6, 6.07) is 19.6. The second-order valence-corrected chi connectivity index (χ2v) is 41.2. The number of β-lactam (4-membered cyclic amide) rings is 2. The van der Waals surface area contributed by atoms with E-state index in [0.29, 0.717) is 13.0 Å². The van der Waals surface area contributed by atoms with Crippen LogP contribution in [0.2, 0.25) is 75.5 Å². The van der Waals surface area contributed by atoms with Gasteiger partial charge in [0.2, 0.25) is 11.8 Å². The first-order valence-electron chi connectivity index (χ1n) is 22.6. The zero-order chi connectivity index (χ0) is 47.9. The molecule has 2 aliphatic carbocycles. The van der Waals surface area contributed by atoms with Crippen molar-refractivity contribution in [2.24, 2.45) is 0 Å². The van der Waals surface area contributed by atoms with Crippen LogP contribution in [0.25, 0.3) is 0 Å². The molecule has 352 valence electrons. The van der Waals surface area contributed by atoms with E-state index < -0.39 is 56.6 Å². The van der Waals surface area contributed by atoms with Gasteiger partial charge in [-0.2, -0.15) is 0 Å². The van der Waals surface area contributed by atoms with Gasteiger partial charge in [-0.05, 0) is 104 Å². The monoisotopic (exact) mass is 948 g/mol. The molecular formula is C49H76N2O9Si4. The summed E-state index contributed by atoms with van der Waals surface area (Å²) in [7, 11) is -8.46. The molecule has 4 aliphatic rings. The van der Waals surface area contributed by atoms with Crippen LogP contribution >= 0.6 is 0 Å². The molecule has 2 saturated heterocycles. The Hall–Kier alpha value is -3.10. The molecule has 15 heteroatoms. The Labute approximate surface area is 388 Å². The highest BCUT2D eigenvalue weighted by Crippen LogP contribution is 2.49. The molecule has 64 heavy (non-hydrogen) atoms. The summed E-state index contributed by atoms with van der Waals surface area (Å²) >= 11 is 0. The van der Waals surface area contributed by atoms with Crippen molar-refractivity contribution in [2.75, 3.05) is 0 Å².